The van der Waals surface area contributed by atoms with Crippen molar-refractivity contribution in [2.75, 3.05) is 37.6 Å². The van der Waals surface area contributed by atoms with E-state index in [0.29, 0.717) is 0 Å². The Bertz CT molecular complexity index is 1300. The molecule has 2 atom stereocenters. The second-order valence-electron chi connectivity index (χ2n) is 8.52. The predicted molar refractivity (Wildman–Crippen MR) is 147 cm³/mol. The minimum Gasteiger partial charge on any atom is -0.489 e. The van der Waals surface area contributed by atoms with Crippen LogP contribution >= 0.6 is 24.0 Å². The zero-order chi connectivity index (χ0) is 28.7. The molecule has 0 aliphatic heterocycles. The van der Waals surface area contributed by atoms with Gasteiger partial charge in [0.25, 0.3) is 0 Å². The molecule has 0 unspecified atom stereocenters. The van der Waals surface area contributed by atoms with Gasteiger partial charge in [-0.25, -0.2) is 0 Å². The molecule has 14 heteroatoms. The van der Waals surface area contributed by atoms with Gasteiger partial charge in [0.2, 0.25) is 11.7 Å². The van der Waals surface area contributed by atoms with Gasteiger partial charge in [-0.05, 0) is 26.0 Å². The van der Waals surface area contributed by atoms with Crippen molar-refractivity contribution in [2.24, 2.45) is 11.5 Å². The summed E-state index contributed by atoms with van der Waals surface area (Å²) in [5, 5.41) is 2.54. The highest BCUT2D eigenvalue weighted by Gasteiger charge is 2.35. The largest absolute Gasteiger partial charge is 0.489 e. The molecule has 2 aromatic rings. The van der Waals surface area contributed by atoms with E-state index in [0.717, 1.165) is 0 Å². The number of carbonyl (C=O) groups is 5. The highest BCUT2D eigenvalue weighted by Crippen LogP contribution is 2.39. The first-order valence-electron chi connectivity index (χ1n) is 11.9. The maximum absolute atomic E-state index is 13.7. The standard InChI is InChI=1S/C26H28ClN3O9.ClH/c1-13(28)25(34)38-8-6-36-18-5-3-4-16-21(18)24(33)22-17(23(16)32)10-15(30-20(31)12-27)11-19(22)37-7-9-39-26(35)14(2)29;/h3-5,10-11,13-14H,6-9,12,28-29H2,1-2H3,(H,30,31);1H/t13-,14-;/m0./s1. The zero-order valence-corrected chi connectivity index (χ0v) is 23.3. The number of esters is 2. The van der Waals surface area contributed by atoms with E-state index in [4.69, 9.17) is 42.0 Å². The Hall–Kier alpha value is -3.71. The summed E-state index contributed by atoms with van der Waals surface area (Å²) in [4.78, 5) is 62.3. The van der Waals surface area contributed by atoms with Crippen LogP contribution in [-0.4, -0.2) is 73.8 Å². The van der Waals surface area contributed by atoms with E-state index < -0.39 is 41.5 Å². The summed E-state index contributed by atoms with van der Waals surface area (Å²) < 4.78 is 21.4. The third-order valence-corrected chi connectivity index (χ3v) is 5.63. The summed E-state index contributed by atoms with van der Waals surface area (Å²) >= 11 is 5.59. The molecular formula is C26H29Cl2N3O9. The number of ketones is 2. The van der Waals surface area contributed by atoms with Gasteiger partial charge >= 0.3 is 11.9 Å². The molecule has 1 aliphatic rings. The summed E-state index contributed by atoms with van der Waals surface area (Å²) in [6.45, 7) is 2.37. The lowest BCUT2D eigenvalue weighted by Gasteiger charge is -2.23. The van der Waals surface area contributed by atoms with E-state index in [1.54, 1.807) is 6.07 Å². The van der Waals surface area contributed by atoms with Crippen LogP contribution in [0.2, 0.25) is 0 Å². The van der Waals surface area contributed by atoms with Gasteiger partial charge in [-0.2, -0.15) is 0 Å². The van der Waals surface area contributed by atoms with Gasteiger partial charge < -0.3 is 35.7 Å². The minimum absolute atomic E-state index is 0. The number of amides is 1. The molecule has 0 saturated carbocycles. The summed E-state index contributed by atoms with van der Waals surface area (Å²) in [5.41, 5.74) is 11.1. The van der Waals surface area contributed by atoms with Crippen LogP contribution < -0.4 is 26.3 Å². The number of hydrogen-bond acceptors (Lipinski definition) is 11. The van der Waals surface area contributed by atoms with E-state index >= 15 is 0 Å². The molecule has 40 heavy (non-hydrogen) atoms. The molecule has 0 heterocycles. The van der Waals surface area contributed by atoms with Crippen molar-refractivity contribution in [1.82, 2.24) is 0 Å². The molecule has 2 aromatic carbocycles. The lowest BCUT2D eigenvalue weighted by molar-refractivity contribution is -0.146. The van der Waals surface area contributed by atoms with Gasteiger partial charge in [-0.15, -0.1) is 24.0 Å². The third-order valence-electron chi connectivity index (χ3n) is 5.39. The van der Waals surface area contributed by atoms with Crippen molar-refractivity contribution in [3.8, 4) is 11.5 Å². The smallest absolute Gasteiger partial charge is 0.322 e. The Kier molecular flexibility index (Phi) is 11.9. The summed E-state index contributed by atoms with van der Waals surface area (Å²) in [5.74, 6) is -3.13. The van der Waals surface area contributed by atoms with Crippen molar-refractivity contribution >= 4 is 59.1 Å². The fourth-order valence-corrected chi connectivity index (χ4v) is 3.67. The van der Waals surface area contributed by atoms with Gasteiger partial charge in [0.05, 0.1) is 11.1 Å². The second-order valence-corrected chi connectivity index (χ2v) is 8.79. The predicted octanol–water partition coefficient (Wildman–Crippen LogP) is 1.60. The maximum atomic E-state index is 13.7. The number of nitrogens with one attached hydrogen (secondary N) is 1. The Morgan fingerprint density at radius 1 is 0.825 bits per heavy atom. The second kappa shape index (κ2) is 14.6. The molecule has 0 saturated heterocycles. The molecule has 12 nitrogen and oxygen atoms in total. The van der Waals surface area contributed by atoms with Crippen LogP contribution in [0.25, 0.3) is 0 Å². The molecule has 0 aromatic heterocycles. The van der Waals surface area contributed by atoms with Crippen molar-refractivity contribution in [2.45, 2.75) is 25.9 Å². The van der Waals surface area contributed by atoms with Gasteiger partial charge in [0.15, 0.2) is 5.78 Å². The van der Waals surface area contributed by atoms with Crippen LogP contribution in [0.5, 0.6) is 11.5 Å². The molecule has 216 valence electrons. The molecule has 0 fully saturated rings. The molecule has 5 N–H and O–H groups in total. The van der Waals surface area contributed by atoms with Crippen LogP contribution in [-0.2, 0) is 23.9 Å². The Balaban J connectivity index is 0.00000560. The number of anilines is 1. The number of alkyl halides is 1. The molecular weight excluding hydrogens is 569 g/mol. The first-order chi connectivity index (χ1) is 18.5. The van der Waals surface area contributed by atoms with Gasteiger partial charge in [0.1, 0.15) is 55.9 Å². The first kappa shape index (κ1) is 32.5. The van der Waals surface area contributed by atoms with Crippen LogP contribution in [0, 0.1) is 0 Å². The van der Waals surface area contributed by atoms with E-state index in [-0.39, 0.29) is 84.2 Å². The van der Waals surface area contributed by atoms with Gasteiger partial charge in [-0.1, -0.05) is 12.1 Å². The van der Waals surface area contributed by atoms with Crippen molar-refractivity contribution in [3.05, 3.63) is 52.6 Å². The summed E-state index contributed by atoms with van der Waals surface area (Å²) in [7, 11) is 0. The van der Waals surface area contributed by atoms with Crippen LogP contribution in [0.4, 0.5) is 5.69 Å². The molecule has 3 rings (SSSR count). The van der Waals surface area contributed by atoms with E-state index in [1.807, 2.05) is 0 Å². The van der Waals surface area contributed by atoms with E-state index in [2.05, 4.69) is 5.32 Å². The van der Waals surface area contributed by atoms with Crippen LogP contribution in [0.3, 0.4) is 0 Å². The highest BCUT2D eigenvalue weighted by atomic mass is 35.5. The van der Waals surface area contributed by atoms with Crippen molar-refractivity contribution in [3.63, 3.8) is 0 Å². The number of hydrogen-bond donors (Lipinski definition) is 3. The van der Waals surface area contributed by atoms with Gasteiger partial charge in [0, 0.05) is 22.9 Å². The molecule has 1 amide bonds. The Labute approximate surface area is 241 Å². The summed E-state index contributed by atoms with van der Waals surface area (Å²) in [6, 6.07) is 5.61. The number of benzene rings is 2. The fourth-order valence-electron chi connectivity index (χ4n) is 3.60. The lowest BCUT2D eigenvalue weighted by atomic mass is 9.82. The SMILES string of the molecule is C[C@H](N)C(=O)OCCOc1cccc2c1C(=O)c1c(OCCOC(=O)[C@H](C)N)cc(NC(=O)CCl)cc1C2=O.Cl. The minimum atomic E-state index is -0.830. The molecule has 0 spiro atoms. The number of fused-ring (bicyclic) bond motifs is 2. The summed E-state index contributed by atoms with van der Waals surface area (Å²) in [6.07, 6.45) is 0. The van der Waals surface area contributed by atoms with Crippen LogP contribution in [0.1, 0.15) is 45.7 Å². The topological polar surface area (TPSA) is 186 Å². The maximum Gasteiger partial charge on any atom is 0.322 e. The van der Waals surface area contributed by atoms with E-state index in [1.165, 1.54) is 38.1 Å². The number of nitrogens with two attached hydrogens (primary N) is 2. The normalized spacial score (nSPS) is 13.1. The average molecular weight is 598 g/mol. The molecule has 1 aliphatic carbocycles. The number of carbonyl (C=O) groups excluding carboxylic acids is 5. The van der Waals surface area contributed by atoms with Crippen molar-refractivity contribution < 1.29 is 42.9 Å². The molecule has 0 bridgehead atoms. The zero-order valence-electron chi connectivity index (χ0n) is 21.7. The fraction of sp³-hybridized carbons (Fsp3) is 0.346. The monoisotopic (exact) mass is 597 g/mol. The average Bonchev–Trinajstić information content (AvgIpc) is 2.91. The highest BCUT2D eigenvalue weighted by molar-refractivity contribution is 6.31. The third kappa shape index (κ3) is 7.69. The molecule has 0 radical (unpaired) electrons. The Morgan fingerprint density at radius 2 is 1.38 bits per heavy atom. The van der Waals surface area contributed by atoms with Crippen molar-refractivity contribution in [1.29, 1.82) is 0 Å². The number of rotatable bonds is 12. The Morgan fingerprint density at radius 3 is 1.93 bits per heavy atom. The number of halogens is 2. The van der Waals surface area contributed by atoms with Crippen LogP contribution in [0.15, 0.2) is 30.3 Å². The first-order valence-corrected chi connectivity index (χ1v) is 12.4. The lowest BCUT2D eigenvalue weighted by Crippen LogP contribution is -2.30. The van der Waals surface area contributed by atoms with Gasteiger partial charge in [-0.3, -0.25) is 24.0 Å². The van der Waals surface area contributed by atoms with E-state index in [9.17, 15) is 24.0 Å². The number of ether oxygens (including phenoxy) is 4. The quantitative estimate of drug-likeness (QED) is 0.156.